The minimum absolute atomic E-state index is 0.412. The first-order valence-electron chi connectivity index (χ1n) is 7.70. The highest BCUT2D eigenvalue weighted by Gasteiger charge is 2.09. The van der Waals surface area contributed by atoms with Gasteiger partial charge in [-0.3, -0.25) is 0 Å². The van der Waals surface area contributed by atoms with Gasteiger partial charge in [-0.05, 0) is 52.6 Å². The zero-order valence-electron chi connectivity index (χ0n) is 13.9. The summed E-state index contributed by atoms with van der Waals surface area (Å²) in [5.41, 5.74) is 1.82. The van der Waals surface area contributed by atoms with Gasteiger partial charge in [0.2, 0.25) is 0 Å². The Bertz CT molecular complexity index is 819. The zero-order chi connectivity index (χ0) is 16.9. The molecule has 1 N–H and O–H groups in total. The Morgan fingerprint density at radius 3 is 2.75 bits per heavy atom. The zero-order valence-corrected chi connectivity index (χ0v) is 13.9. The van der Waals surface area contributed by atoms with Crippen LogP contribution in [0.4, 0.5) is 5.82 Å². The van der Waals surface area contributed by atoms with Crippen molar-refractivity contribution >= 4 is 11.5 Å². The van der Waals surface area contributed by atoms with Gasteiger partial charge in [0, 0.05) is 6.54 Å². The summed E-state index contributed by atoms with van der Waals surface area (Å²) >= 11 is 0. The van der Waals surface area contributed by atoms with Crippen LogP contribution >= 0.6 is 0 Å². The lowest BCUT2D eigenvalue weighted by Gasteiger charge is -2.14. The summed E-state index contributed by atoms with van der Waals surface area (Å²) in [5.74, 6) is 2.65. The van der Waals surface area contributed by atoms with E-state index in [0.717, 1.165) is 30.3 Å². The van der Waals surface area contributed by atoms with Crippen LogP contribution in [0.5, 0.6) is 11.5 Å². The molecule has 2 heterocycles. The summed E-state index contributed by atoms with van der Waals surface area (Å²) in [6.45, 7) is 2.97. The molecule has 1 unspecified atom stereocenters. The average molecular weight is 328 g/mol. The molecule has 0 spiro atoms. The highest BCUT2D eigenvalue weighted by molar-refractivity contribution is 5.43. The third-order valence-electron chi connectivity index (χ3n) is 3.73. The molecule has 0 saturated carbocycles. The van der Waals surface area contributed by atoms with Crippen LogP contribution in [0.25, 0.3) is 5.65 Å². The van der Waals surface area contributed by atoms with Crippen molar-refractivity contribution in [2.75, 3.05) is 26.1 Å². The maximum atomic E-state index is 5.35. The number of nitrogens with one attached hydrogen (secondary N) is 1. The second-order valence-electron chi connectivity index (χ2n) is 5.62. The summed E-state index contributed by atoms with van der Waals surface area (Å²) < 4.78 is 12.0. The van der Waals surface area contributed by atoms with Gasteiger partial charge in [0.05, 0.1) is 14.2 Å². The number of rotatable bonds is 7. The highest BCUT2D eigenvalue weighted by Crippen LogP contribution is 2.28. The van der Waals surface area contributed by atoms with Gasteiger partial charge in [0.15, 0.2) is 17.1 Å². The Balaban J connectivity index is 1.59. The van der Waals surface area contributed by atoms with Crippen molar-refractivity contribution in [3.8, 4) is 11.5 Å². The summed E-state index contributed by atoms with van der Waals surface area (Å²) in [7, 11) is 3.28. The molecule has 0 amide bonds. The van der Waals surface area contributed by atoms with E-state index in [0.29, 0.717) is 11.6 Å². The Morgan fingerprint density at radius 1 is 1.12 bits per heavy atom. The Morgan fingerprint density at radius 2 is 1.96 bits per heavy atom. The fraction of sp³-hybridized carbons (Fsp3) is 0.375. The summed E-state index contributed by atoms with van der Waals surface area (Å²) in [4.78, 5) is 0. The number of ether oxygens (including phenoxy) is 2. The standard InChI is InChI=1S/C16H20N6O2/c1-11(8-12-4-5-13(23-2)14(9-12)24-3)10-17-15-6-7-16-18-20-21-22(16)19-15/h4-7,9,11H,8,10H2,1-3H3,(H,17,19). The van der Waals surface area contributed by atoms with Crippen LogP contribution < -0.4 is 14.8 Å². The quantitative estimate of drug-likeness (QED) is 0.708. The Kier molecular flexibility index (Phi) is 4.74. The first-order chi connectivity index (χ1) is 11.7. The third-order valence-corrected chi connectivity index (χ3v) is 3.73. The molecule has 3 aromatic rings. The molecule has 24 heavy (non-hydrogen) atoms. The van der Waals surface area contributed by atoms with Crippen LogP contribution in [-0.4, -0.2) is 46.0 Å². The number of nitrogens with zero attached hydrogens (tertiary/aromatic N) is 5. The molecule has 8 nitrogen and oxygen atoms in total. The van der Waals surface area contributed by atoms with E-state index in [2.05, 4.69) is 38.9 Å². The van der Waals surface area contributed by atoms with Gasteiger partial charge >= 0.3 is 0 Å². The maximum absolute atomic E-state index is 5.35. The van der Waals surface area contributed by atoms with Gasteiger partial charge in [-0.1, -0.05) is 13.0 Å². The lowest BCUT2D eigenvalue weighted by Crippen LogP contribution is -2.15. The largest absolute Gasteiger partial charge is 0.493 e. The topological polar surface area (TPSA) is 86.5 Å². The van der Waals surface area contributed by atoms with Gasteiger partial charge in [-0.2, -0.15) is 0 Å². The smallest absolute Gasteiger partial charge is 0.200 e. The van der Waals surface area contributed by atoms with Crippen molar-refractivity contribution in [1.29, 1.82) is 0 Å². The molecule has 0 fully saturated rings. The molecule has 1 aromatic carbocycles. The third kappa shape index (κ3) is 3.53. The van der Waals surface area contributed by atoms with Crippen molar-refractivity contribution < 1.29 is 9.47 Å². The average Bonchev–Trinajstić information content (AvgIpc) is 3.07. The van der Waals surface area contributed by atoms with E-state index in [4.69, 9.17) is 9.47 Å². The van der Waals surface area contributed by atoms with E-state index in [1.165, 1.54) is 10.2 Å². The lowest BCUT2D eigenvalue weighted by molar-refractivity contribution is 0.354. The molecule has 0 radical (unpaired) electrons. The SMILES string of the molecule is COc1ccc(CC(C)CNc2ccc3nnnn3n2)cc1OC. The second-order valence-corrected chi connectivity index (χ2v) is 5.62. The van der Waals surface area contributed by atoms with Gasteiger partial charge < -0.3 is 14.8 Å². The maximum Gasteiger partial charge on any atom is 0.200 e. The lowest BCUT2D eigenvalue weighted by atomic mass is 10.0. The van der Waals surface area contributed by atoms with Gasteiger partial charge in [-0.25, -0.2) is 0 Å². The van der Waals surface area contributed by atoms with E-state index in [9.17, 15) is 0 Å². The fourth-order valence-electron chi connectivity index (χ4n) is 2.50. The van der Waals surface area contributed by atoms with E-state index in [1.807, 2.05) is 24.3 Å². The van der Waals surface area contributed by atoms with Gasteiger partial charge in [0.1, 0.15) is 5.82 Å². The Labute approximate surface area is 139 Å². The second kappa shape index (κ2) is 7.12. The van der Waals surface area contributed by atoms with E-state index >= 15 is 0 Å². The fourth-order valence-corrected chi connectivity index (χ4v) is 2.50. The van der Waals surface area contributed by atoms with Crippen LogP contribution in [0.1, 0.15) is 12.5 Å². The molecule has 2 aromatic heterocycles. The number of methoxy groups -OCH3 is 2. The van der Waals surface area contributed by atoms with Crippen molar-refractivity contribution in [1.82, 2.24) is 25.3 Å². The normalized spacial score (nSPS) is 12.1. The minimum Gasteiger partial charge on any atom is -0.493 e. The first kappa shape index (κ1) is 16.0. The van der Waals surface area contributed by atoms with Crippen LogP contribution in [0, 0.1) is 5.92 Å². The van der Waals surface area contributed by atoms with Crippen LogP contribution in [0.3, 0.4) is 0 Å². The molecular formula is C16H20N6O2. The van der Waals surface area contributed by atoms with Crippen LogP contribution in [0.15, 0.2) is 30.3 Å². The first-order valence-corrected chi connectivity index (χ1v) is 7.70. The van der Waals surface area contributed by atoms with Crippen molar-refractivity contribution in [2.24, 2.45) is 5.92 Å². The molecule has 3 rings (SSSR count). The van der Waals surface area contributed by atoms with Gasteiger partial charge in [0.25, 0.3) is 0 Å². The van der Waals surface area contributed by atoms with E-state index < -0.39 is 0 Å². The molecular weight excluding hydrogens is 308 g/mol. The Hall–Kier alpha value is -2.90. The van der Waals surface area contributed by atoms with Crippen molar-refractivity contribution in [3.05, 3.63) is 35.9 Å². The monoisotopic (exact) mass is 328 g/mol. The summed E-state index contributed by atoms with van der Waals surface area (Å²) in [6.07, 6.45) is 0.917. The number of aromatic nitrogens is 5. The number of benzene rings is 1. The predicted octanol–water partition coefficient (Wildman–Crippen LogP) is 1.83. The number of hydrogen-bond acceptors (Lipinski definition) is 7. The molecule has 0 saturated heterocycles. The molecule has 0 aliphatic rings. The number of hydrogen-bond donors (Lipinski definition) is 1. The molecule has 0 aliphatic heterocycles. The predicted molar refractivity (Wildman–Crippen MR) is 89.5 cm³/mol. The number of fused-ring (bicyclic) bond motifs is 1. The van der Waals surface area contributed by atoms with E-state index in [-0.39, 0.29) is 0 Å². The minimum atomic E-state index is 0.412. The molecule has 126 valence electrons. The number of tetrazole rings is 1. The van der Waals surface area contributed by atoms with Crippen LogP contribution in [-0.2, 0) is 6.42 Å². The molecule has 1 atom stereocenters. The highest BCUT2D eigenvalue weighted by atomic mass is 16.5. The van der Waals surface area contributed by atoms with Crippen molar-refractivity contribution in [3.63, 3.8) is 0 Å². The van der Waals surface area contributed by atoms with Crippen LogP contribution in [0.2, 0.25) is 0 Å². The molecule has 0 aliphatic carbocycles. The van der Waals surface area contributed by atoms with Gasteiger partial charge in [-0.15, -0.1) is 14.8 Å². The van der Waals surface area contributed by atoms with E-state index in [1.54, 1.807) is 14.2 Å². The summed E-state index contributed by atoms with van der Waals surface area (Å²) in [6, 6.07) is 9.70. The van der Waals surface area contributed by atoms with Crippen molar-refractivity contribution in [2.45, 2.75) is 13.3 Å². The molecule has 8 heteroatoms. The molecule has 0 bridgehead atoms. The summed E-state index contributed by atoms with van der Waals surface area (Å²) in [5, 5.41) is 18.8. The number of anilines is 1.